The number of nitrogens with one attached hydrogen (secondary N) is 1. The first-order valence-electron chi connectivity index (χ1n) is 11.6. The number of anilines is 3. The number of pyridine rings is 1. The fourth-order valence-corrected chi connectivity index (χ4v) is 4.72. The monoisotopic (exact) mass is 468 g/mol. The summed E-state index contributed by atoms with van der Waals surface area (Å²) in [5.74, 6) is -1.06. The summed E-state index contributed by atoms with van der Waals surface area (Å²) in [6.45, 7) is 3.82. The Kier molecular flexibility index (Phi) is 6.29. The Balaban J connectivity index is 1.26. The predicted molar refractivity (Wildman–Crippen MR) is 126 cm³/mol. The third kappa shape index (κ3) is 4.66. The second kappa shape index (κ2) is 9.51. The topological polar surface area (TPSA) is 114 Å². The highest BCUT2D eigenvalue weighted by atomic mass is 19.1. The van der Waals surface area contributed by atoms with E-state index in [1.165, 1.54) is 4.52 Å². The molecule has 2 saturated heterocycles. The average molecular weight is 469 g/mol. The van der Waals surface area contributed by atoms with E-state index < -0.39 is 11.7 Å². The molecule has 11 heteroatoms. The van der Waals surface area contributed by atoms with Crippen LogP contribution in [0.25, 0.3) is 5.65 Å². The molecule has 5 rings (SSSR count). The fraction of sp³-hybridized carbons (Fsp3) is 0.478. The molecule has 2 aliphatic heterocycles. The lowest BCUT2D eigenvalue weighted by atomic mass is 10.0. The van der Waals surface area contributed by atoms with Crippen LogP contribution in [0.3, 0.4) is 0 Å². The number of hydrogen-bond donors (Lipinski definition) is 2. The molecule has 0 aromatic carbocycles. The molecule has 3 N–H and O–H groups in total. The maximum absolute atomic E-state index is 13.5. The summed E-state index contributed by atoms with van der Waals surface area (Å²) in [4.78, 5) is 25.8. The number of carbonyl (C=O) groups is 1. The number of piperidine rings is 2. The quantitative estimate of drug-likeness (QED) is 0.586. The van der Waals surface area contributed by atoms with Gasteiger partial charge in [-0.1, -0.05) is 0 Å². The van der Waals surface area contributed by atoms with Crippen molar-refractivity contribution in [2.75, 3.05) is 49.2 Å². The normalized spacial score (nSPS) is 18.5. The minimum Gasteiger partial charge on any atom is -0.381 e. The van der Waals surface area contributed by atoms with Gasteiger partial charge in [-0.15, -0.1) is 5.10 Å². The van der Waals surface area contributed by atoms with Gasteiger partial charge >= 0.3 is 0 Å². The summed E-state index contributed by atoms with van der Waals surface area (Å²) < 4.78 is 21.0. The van der Waals surface area contributed by atoms with Crippen LogP contribution in [0, 0.1) is 5.82 Å². The van der Waals surface area contributed by atoms with Crippen LogP contribution in [0.15, 0.2) is 30.9 Å². The number of amides is 1. The zero-order valence-electron chi connectivity index (χ0n) is 19.2. The van der Waals surface area contributed by atoms with Crippen molar-refractivity contribution in [3.05, 3.63) is 42.2 Å². The minimum absolute atomic E-state index is 0.0205. The number of nitrogens with zero attached hydrogens (tertiary/aromatic N) is 6. The number of carbonyl (C=O) groups excluding carboxylic acids is 1. The molecule has 34 heavy (non-hydrogen) atoms. The molecule has 2 aliphatic rings. The molecular formula is C23H29FN8O2. The first-order valence-corrected chi connectivity index (χ1v) is 11.6. The molecule has 0 spiro atoms. The van der Waals surface area contributed by atoms with E-state index in [1.807, 2.05) is 6.07 Å². The van der Waals surface area contributed by atoms with Gasteiger partial charge in [0, 0.05) is 32.4 Å². The van der Waals surface area contributed by atoms with Gasteiger partial charge in [0.1, 0.15) is 5.56 Å². The molecule has 2 fully saturated rings. The van der Waals surface area contributed by atoms with Gasteiger partial charge in [-0.2, -0.15) is 0 Å². The predicted octanol–water partition coefficient (Wildman–Crippen LogP) is 2.18. The van der Waals surface area contributed by atoms with Crippen molar-refractivity contribution in [3.8, 4) is 0 Å². The lowest BCUT2D eigenvalue weighted by Gasteiger charge is -2.37. The van der Waals surface area contributed by atoms with E-state index in [9.17, 15) is 9.18 Å². The number of fused-ring (bicyclic) bond motifs is 1. The van der Waals surface area contributed by atoms with Crippen LogP contribution in [0.2, 0.25) is 0 Å². The summed E-state index contributed by atoms with van der Waals surface area (Å²) in [7, 11) is 2.15. The van der Waals surface area contributed by atoms with Crippen molar-refractivity contribution in [1.29, 1.82) is 0 Å². The van der Waals surface area contributed by atoms with Gasteiger partial charge in [0.15, 0.2) is 17.3 Å². The molecule has 10 nitrogen and oxygen atoms in total. The molecule has 5 heterocycles. The number of aromatic nitrogens is 4. The molecule has 0 aliphatic carbocycles. The number of hydrogen-bond acceptors (Lipinski definition) is 8. The molecule has 3 aromatic rings. The van der Waals surface area contributed by atoms with E-state index in [2.05, 4.69) is 37.2 Å². The largest absolute Gasteiger partial charge is 0.381 e. The Morgan fingerprint density at radius 2 is 1.85 bits per heavy atom. The highest BCUT2D eigenvalue weighted by Crippen LogP contribution is 2.30. The zero-order valence-corrected chi connectivity index (χ0v) is 19.2. The van der Waals surface area contributed by atoms with Crippen LogP contribution in [-0.2, 0) is 4.74 Å². The Bertz CT molecular complexity index is 1170. The second-order valence-electron chi connectivity index (χ2n) is 8.97. The number of ether oxygens (including phenoxy) is 1. The molecule has 0 unspecified atom stereocenters. The third-order valence-electron chi connectivity index (χ3n) is 6.57. The van der Waals surface area contributed by atoms with Gasteiger partial charge in [-0.05, 0) is 38.8 Å². The molecule has 3 aromatic heterocycles. The van der Waals surface area contributed by atoms with Crippen molar-refractivity contribution >= 4 is 28.7 Å². The molecule has 0 saturated carbocycles. The Hall–Kier alpha value is -3.31. The van der Waals surface area contributed by atoms with E-state index in [0.717, 1.165) is 69.9 Å². The van der Waals surface area contributed by atoms with E-state index in [4.69, 9.17) is 10.5 Å². The molecule has 180 valence electrons. The van der Waals surface area contributed by atoms with E-state index in [0.29, 0.717) is 11.8 Å². The fourth-order valence-electron chi connectivity index (χ4n) is 4.72. The average Bonchev–Trinajstić information content (AvgIpc) is 3.16. The number of rotatable bonds is 5. The van der Waals surface area contributed by atoms with Gasteiger partial charge < -0.3 is 25.6 Å². The number of halogens is 1. The van der Waals surface area contributed by atoms with Crippen molar-refractivity contribution in [1.82, 2.24) is 24.5 Å². The van der Waals surface area contributed by atoms with Crippen LogP contribution in [0.4, 0.5) is 21.6 Å². The van der Waals surface area contributed by atoms with Crippen LogP contribution in [-0.4, -0.2) is 75.8 Å². The van der Waals surface area contributed by atoms with Crippen molar-refractivity contribution in [2.24, 2.45) is 0 Å². The maximum Gasteiger partial charge on any atom is 0.263 e. The first kappa shape index (κ1) is 22.5. The second-order valence-corrected chi connectivity index (χ2v) is 8.97. The SMILES string of the molecule is CN1CCC(OC2CCN(c3ccncc3NC(=O)c3c(N)nn4cc(F)cnc34)CC2)CC1. The Morgan fingerprint density at radius 1 is 1.15 bits per heavy atom. The number of likely N-dealkylation sites (tertiary alicyclic amines) is 1. The van der Waals surface area contributed by atoms with Gasteiger partial charge in [-0.3, -0.25) is 9.78 Å². The van der Waals surface area contributed by atoms with Crippen LogP contribution >= 0.6 is 0 Å². The van der Waals surface area contributed by atoms with Gasteiger partial charge in [0.2, 0.25) is 0 Å². The van der Waals surface area contributed by atoms with Crippen molar-refractivity contribution in [2.45, 2.75) is 37.9 Å². The maximum atomic E-state index is 13.5. The van der Waals surface area contributed by atoms with E-state index in [1.54, 1.807) is 12.4 Å². The lowest BCUT2D eigenvalue weighted by Crippen LogP contribution is -2.41. The molecule has 1 amide bonds. The minimum atomic E-state index is -0.570. The van der Waals surface area contributed by atoms with Crippen molar-refractivity contribution < 1.29 is 13.9 Å². The highest BCUT2D eigenvalue weighted by Gasteiger charge is 2.27. The first-order chi connectivity index (χ1) is 16.5. The Morgan fingerprint density at radius 3 is 2.59 bits per heavy atom. The summed E-state index contributed by atoms with van der Waals surface area (Å²) in [5.41, 5.74) is 7.68. The van der Waals surface area contributed by atoms with Gasteiger partial charge in [-0.25, -0.2) is 13.9 Å². The van der Waals surface area contributed by atoms with Crippen LogP contribution in [0.5, 0.6) is 0 Å². The van der Waals surface area contributed by atoms with Gasteiger partial charge in [0.25, 0.3) is 5.91 Å². The van der Waals surface area contributed by atoms with Crippen LogP contribution < -0.4 is 16.0 Å². The summed E-state index contributed by atoms with van der Waals surface area (Å²) in [6.07, 6.45) is 10.1. The zero-order chi connectivity index (χ0) is 23.7. The van der Waals surface area contributed by atoms with Crippen molar-refractivity contribution in [3.63, 3.8) is 0 Å². The van der Waals surface area contributed by atoms with Crippen LogP contribution in [0.1, 0.15) is 36.0 Å². The molecular weight excluding hydrogens is 439 g/mol. The Labute approximate surface area is 196 Å². The molecule has 0 bridgehead atoms. The number of nitrogens with two attached hydrogens (primary N) is 1. The summed E-state index contributed by atoms with van der Waals surface area (Å²) >= 11 is 0. The third-order valence-corrected chi connectivity index (χ3v) is 6.57. The van der Waals surface area contributed by atoms with E-state index in [-0.39, 0.29) is 23.1 Å². The standard InChI is InChI=1S/C23H29FN8O2/c1-30-8-3-16(4-9-30)34-17-5-10-31(11-6-17)19-2-7-26-13-18(19)28-23(33)20-21(25)29-32-14-15(24)12-27-22(20)32/h2,7,12-14,16-17H,3-6,8-11H2,1H3,(H2,25,29)(H,28,33). The summed E-state index contributed by atoms with van der Waals surface area (Å²) in [5, 5.41) is 6.89. The summed E-state index contributed by atoms with van der Waals surface area (Å²) in [6, 6.07) is 1.89. The highest BCUT2D eigenvalue weighted by molar-refractivity contribution is 6.12. The molecule has 0 atom stereocenters. The smallest absolute Gasteiger partial charge is 0.263 e. The van der Waals surface area contributed by atoms with Gasteiger partial charge in [0.05, 0.1) is 42.2 Å². The lowest BCUT2D eigenvalue weighted by molar-refractivity contribution is -0.0482. The van der Waals surface area contributed by atoms with E-state index >= 15 is 0 Å². The number of nitrogen functional groups attached to an aromatic ring is 1. The molecule has 0 radical (unpaired) electrons.